The number of phenols is 1. The number of phenolic OH excluding ortho intramolecular Hbond substituents is 1. The number of amides is 1. The van der Waals surface area contributed by atoms with Crippen molar-refractivity contribution in [2.45, 2.75) is 19.4 Å². The third kappa shape index (κ3) is 2.86. The van der Waals surface area contributed by atoms with Crippen LogP contribution in [0.25, 0.3) is 0 Å². The molecule has 0 bridgehead atoms. The molecule has 1 heterocycles. The zero-order valence-electron chi connectivity index (χ0n) is 10.7. The number of aromatic nitrogens is 3. The van der Waals surface area contributed by atoms with E-state index >= 15 is 0 Å². The molecule has 1 aromatic heterocycles. The normalized spacial score (nSPS) is 11.4. The van der Waals surface area contributed by atoms with Gasteiger partial charge in [0.1, 0.15) is 17.9 Å². The van der Waals surface area contributed by atoms with Gasteiger partial charge in [0.05, 0.1) is 16.1 Å². The molecule has 0 atom stereocenters. The molecule has 2 aromatic rings. The molecule has 0 aliphatic heterocycles. The first-order valence-corrected chi connectivity index (χ1v) is 6.43. The van der Waals surface area contributed by atoms with Gasteiger partial charge in [-0.1, -0.05) is 23.2 Å². The maximum absolute atomic E-state index is 12.2. The fraction of sp³-hybridized carbons (Fsp3) is 0.250. The van der Waals surface area contributed by atoms with Gasteiger partial charge in [-0.15, -0.1) is 0 Å². The third-order valence-corrected chi connectivity index (χ3v) is 3.21. The molecule has 0 aliphatic rings. The van der Waals surface area contributed by atoms with Gasteiger partial charge < -0.3 is 10.4 Å². The highest BCUT2D eigenvalue weighted by Crippen LogP contribution is 2.31. The summed E-state index contributed by atoms with van der Waals surface area (Å²) < 4.78 is 0. The summed E-state index contributed by atoms with van der Waals surface area (Å²) in [5.41, 5.74) is -0.801. The predicted molar refractivity (Wildman–Crippen MR) is 75.0 cm³/mol. The minimum atomic E-state index is -0.797. The molecule has 8 heteroatoms. The van der Waals surface area contributed by atoms with Gasteiger partial charge in [-0.05, 0) is 26.0 Å². The summed E-state index contributed by atoms with van der Waals surface area (Å²) in [6.45, 7) is 3.49. The van der Waals surface area contributed by atoms with Crippen LogP contribution in [-0.4, -0.2) is 26.2 Å². The fourth-order valence-electron chi connectivity index (χ4n) is 1.66. The molecular weight excluding hydrogens is 303 g/mol. The minimum Gasteiger partial charge on any atom is -0.506 e. The average Bonchev–Trinajstić information content (AvgIpc) is 2.87. The molecule has 1 aromatic carbocycles. The van der Waals surface area contributed by atoms with Crippen LogP contribution in [0.1, 0.15) is 30.0 Å². The molecule has 0 unspecified atom stereocenters. The molecule has 3 N–H and O–H groups in total. The highest BCUT2D eigenvalue weighted by Gasteiger charge is 2.28. The second kappa shape index (κ2) is 5.30. The number of hydrogen-bond acceptors (Lipinski definition) is 4. The maximum atomic E-state index is 12.2. The number of hydrogen-bond donors (Lipinski definition) is 3. The summed E-state index contributed by atoms with van der Waals surface area (Å²) in [4.78, 5) is 16.2. The molecule has 0 saturated heterocycles. The molecule has 0 aliphatic carbocycles. The van der Waals surface area contributed by atoms with E-state index in [4.69, 9.17) is 23.2 Å². The highest BCUT2D eigenvalue weighted by atomic mass is 35.5. The van der Waals surface area contributed by atoms with Crippen molar-refractivity contribution in [1.29, 1.82) is 0 Å². The van der Waals surface area contributed by atoms with Crippen LogP contribution in [0, 0.1) is 0 Å². The Kier molecular flexibility index (Phi) is 3.87. The number of nitrogens with one attached hydrogen (secondary N) is 2. The van der Waals surface area contributed by atoms with E-state index in [-0.39, 0.29) is 21.4 Å². The fourth-order valence-corrected chi connectivity index (χ4v) is 2.15. The van der Waals surface area contributed by atoms with Crippen molar-refractivity contribution in [2.75, 3.05) is 0 Å². The van der Waals surface area contributed by atoms with E-state index in [9.17, 15) is 9.90 Å². The van der Waals surface area contributed by atoms with Gasteiger partial charge in [0.2, 0.25) is 0 Å². The summed E-state index contributed by atoms with van der Waals surface area (Å²) in [5, 5.41) is 19.2. The number of benzene rings is 1. The largest absolute Gasteiger partial charge is 0.506 e. The molecule has 0 radical (unpaired) electrons. The third-order valence-electron chi connectivity index (χ3n) is 2.71. The highest BCUT2D eigenvalue weighted by molar-refractivity contribution is 6.36. The lowest BCUT2D eigenvalue weighted by Gasteiger charge is -2.23. The van der Waals surface area contributed by atoms with Gasteiger partial charge in [-0.2, -0.15) is 5.10 Å². The summed E-state index contributed by atoms with van der Waals surface area (Å²) in [7, 11) is 0. The molecule has 1 amide bonds. The Morgan fingerprint density at radius 3 is 2.70 bits per heavy atom. The summed E-state index contributed by atoms with van der Waals surface area (Å²) in [6, 6.07) is 2.70. The Morgan fingerprint density at radius 2 is 2.10 bits per heavy atom. The van der Waals surface area contributed by atoms with E-state index in [1.54, 1.807) is 13.8 Å². The van der Waals surface area contributed by atoms with Crippen LogP contribution >= 0.6 is 23.2 Å². The Hall–Kier alpha value is -1.79. The number of carbonyl (C=O) groups excluding carboxylic acids is 1. The molecule has 6 nitrogen and oxygen atoms in total. The van der Waals surface area contributed by atoms with Crippen molar-refractivity contribution in [3.05, 3.63) is 39.9 Å². The molecule has 0 spiro atoms. The Balaban J connectivity index is 2.29. The smallest absolute Gasteiger partial charge is 0.255 e. The van der Waals surface area contributed by atoms with Gasteiger partial charge in [-0.25, -0.2) is 4.98 Å². The van der Waals surface area contributed by atoms with E-state index in [0.717, 1.165) is 0 Å². The lowest BCUT2D eigenvalue weighted by Crippen LogP contribution is -2.41. The first kappa shape index (κ1) is 14.6. The number of aromatic hydroxyl groups is 1. The van der Waals surface area contributed by atoms with Crippen molar-refractivity contribution in [2.24, 2.45) is 0 Å². The van der Waals surface area contributed by atoms with E-state index < -0.39 is 11.4 Å². The molecule has 106 valence electrons. The zero-order valence-corrected chi connectivity index (χ0v) is 12.2. The van der Waals surface area contributed by atoms with Crippen LogP contribution in [0.5, 0.6) is 5.75 Å². The lowest BCUT2D eigenvalue weighted by atomic mass is 10.0. The summed E-state index contributed by atoms with van der Waals surface area (Å²) in [6.07, 6.45) is 1.34. The average molecular weight is 315 g/mol. The first-order valence-electron chi connectivity index (χ1n) is 5.67. The SMILES string of the molecule is CC(C)(NC(=O)c1cc(Cl)cc(Cl)c1O)c1ncn[nH]1. The van der Waals surface area contributed by atoms with Crippen LogP contribution in [-0.2, 0) is 5.54 Å². The number of carbonyl (C=O) groups is 1. The van der Waals surface area contributed by atoms with Crippen molar-refractivity contribution in [3.8, 4) is 5.75 Å². The molecular formula is C12H12Cl2N4O2. The van der Waals surface area contributed by atoms with E-state index in [1.807, 2.05) is 0 Å². The Morgan fingerprint density at radius 1 is 1.40 bits per heavy atom. The molecule has 0 saturated carbocycles. The van der Waals surface area contributed by atoms with Crippen LogP contribution in [0.2, 0.25) is 10.0 Å². The first-order chi connectivity index (χ1) is 9.31. The Labute approximate surface area is 125 Å². The van der Waals surface area contributed by atoms with Gasteiger partial charge in [0, 0.05) is 5.02 Å². The van der Waals surface area contributed by atoms with Crippen molar-refractivity contribution >= 4 is 29.1 Å². The molecule has 2 rings (SSSR count). The number of halogens is 2. The van der Waals surface area contributed by atoms with Crippen LogP contribution in [0.3, 0.4) is 0 Å². The second-order valence-corrected chi connectivity index (χ2v) is 5.54. The Bertz CT molecular complexity index is 641. The quantitative estimate of drug-likeness (QED) is 0.811. The van der Waals surface area contributed by atoms with Gasteiger partial charge in [0.25, 0.3) is 5.91 Å². The zero-order chi connectivity index (χ0) is 14.9. The molecule has 0 fully saturated rings. The minimum absolute atomic E-state index is 0.00455. The lowest BCUT2D eigenvalue weighted by molar-refractivity contribution is 0.0906. The maximum Gasteiger partial charge on any atom is 0.255 e. The number of H-pyrrole nitrogens is 1. The second-order valence-electron chi connectivity index (χ2n) is 4.70. The topological polar surface area (TPSA) is 90.9 Å². The summed E-state index contributed by atoms with van der Waals surface area (Å²) >= 11 is 11.6. The summed E-state index contributed by atoms with van der Waals surface area (Å²) in [5.74, 6) is -0.353. The van der Waals surface area contributed by atoms with Gasteiger partial charge >= 0.3 is 0 Å². The standard InChI is InChI=1S/C12H12Cl2N4O2/c1-12(2,11-15-5-16-18-11)17-10(20)7-3-6(13)4-8(14)9(7)19/h3-5,19H,1-2H3,(H,17,20)(H,15,16,18). The van der Waals surface area contributed by atoms with Crippen LogP contribution in [0.15, 0.2) is 18.5 Å². The number of aromatic amines is 1. The molecule has 20 heavy (non-hydrogen) atoms. The number of nitrogens with zero attached hydrogens (tertiary/aromatic N) is 2. The van der Waals surface area contributed by atoms with Crippen molar-refractivity contribution in [1.82, 2.24) is 20.5 Å². The monoisotopic (exact) mass is 314 g/mol. The van der Waals surface area contributed by atoms with E-state index in [2.05, 4.69) is 20.5 Å². The van der Waals surface area contributed by atoms with Crippen molar-refractivity contribution < 1.29 is 9.90 Å². The van der Waals surface area contributed by atoms with Gasteiger partial charge in [0.15, 0.2) is 0 Å². The van der Waals surface area contributed by atoms with E-state index in [1.165, 1.54) is 18.5 Å². The van der Waals surface area contributed by atoms with Crippen LogP contribution < -0.4 is 5.32 Å². The number of rotatable bonds is 3. The van der Waals surface area contributed by atoms with Crippen molar-refractivity contribution in [3.63, 3.8) is 0 Å². The van der Waals surface area contributed by atoms with E-state index in [0.29, 0.717) is 5.82 Å². The predicted octanol–water partition coefficient (Wildman–Crippen LogP) is 2.48. The van der Waals surface area contributed by atoms with Gasteiger partial charge in [-0.3, -0.25) is 9.89 Å². The van der Waals surface area contributed by atoms with Crippen LogP contribution in [0.4, 0.5) is 0 Å².